The summed E-state index contributed by atoms with van der Waals surface area (Å²) in [7, 11) is 3.51. The third-order valence-corrected chi connectivity index (χ3v) is 5.05. The minimum atomic E-state index is -0.128. The molecule has 1 aliphatic heterocycles. The molecule has 28 heavy (non-hydrogen) atoms. The molecule has 1 unspecified atom stereocenters. The number of ether oxygens (including phenoxy) is 2. The first kappa shape index (κ1) is 22.0. The quantitative estimate of drug-likeness (QED) is 0.735. The Hall–Kier alpha value is -2.25. The summed E-state index contributed by atoms with van der Waals surface area (Å²) in [5.41, 5.74) is 2.07. The van der Waals surface area contributed by atoms with Crippen molar-refractivity contribution in [2.45, 2.75) is 25.8 Å². The lowest BCUT2D eigenvalue weighted by Crippen LogP contribution is -2.36. The average molecular weight is 409 g/mol. The SMILES string of the molecule is CCOc1ccc(C(C)NC(=O)[C@H]2CNC[C@@H]2c2cnn(C)c2)cc1OC.Cl. The summed E-state index contributed by atoms with van der Waals surface area (Å²) >= 11 is 0. The van der Waals surface area contributed by atoms with Crippen LogP contribution in [0.25, 0.3) is 0 Å². The van der Waals surface area contributed by atoms with Crippen LogP contribution < -0.4 is 20.1 Å². The minimum Gasteiger partial charge on any atom is -0.493 e. The fourth-order valence-electron chi connectivity index (χ4n) is 3.57. The molecule has 0 spiro atoms. The number of hydrogen-bond acceptors (Lipinski definition) is 5. The van der Waals surface area contributed by atoms with Crippen LogP contribution >= 0.6 is 12.4 Å². The molecule has 8 heteroatoms. The Kier molecular flexibility index (Phi) is 7.71. The molecule has 1 aromatic heterocycles. The molecule has 1 aromatic carbocycles. The summed E-state index contributed by atoms with van der Waals surface area (Å²) < 4.78 is 12.8. The number of carbonyl (C=O) groups is 1. The molecule has 3 rings (SSSR count). The summed E-state index contributed by atoms with van der Waals surface area (Å²) in [6.07, 6.45) is 3.83. The van der Waals surface area contributed by atoms with Gasteiger partial charge in [-0.05, 0) is 37.1 Å². The first-order valence-corrected chi connectivity index (χ1v) is 9.33. The number of aryl methyl sites for hydroxylation is 1. The van der Waals surface area contributed by atoms with Crippen LogP contribution in [0.5, 0.6) is 11.5 Å². The standard InChI is InChI=1S/C20H28N4O3.ClH/c1-5-27-18-7-6-14(8-19(18)26-4)13(2)23-20(25)17-11-21-10-16(17)15-9-22-24(3)12-15;/h6-9,12-13,16-17,21H,5,10-11H2,1-4H3,(H,23,25);1H/t13?,16-,17+;/m1./s1. The second kappa shape index (κ2) is 9.80. The van der Waals surface area contributed by atoms with Gasteiger partial charge in [-0.15, -0.1) is 12.4 Å². The summed E-state index contributed by atoms with van der Waals surface area (Å²) in [6.45, 7) is 5.95. The molecule has 2 aromatic rings. The van der Waals surface area contributed by atoms with Gasteiger partial charge >= 0.3 is 0 Å². The number of methoxy groups -OCH3 is 1. The van der Waals surface area contributed by atoms with Gasteiger partial charge < -0.3 is 20.1 Å². The van der Waals surface area contributed by atoms with E-state index in [9.17, 15) is 4.79 Å². The normalized spacial score (nSPS) is 19.6. The lowest BCUT2D eigenvalue weighted by molar-refractivity contribution is -0.125. The van der Waals surface area contributed by atoms with E-state index in [0.717, 1.165) is 17.7 Å². The van der Waals surface area contributed by atoms with E-state index in [0.29, 0.717) is 24.7 Å². The maximum atomic E-state index is 12.9. The molecule has 1 aliphatic rings. The highest BCUT2D eigenvalue weighted by molar-refractivity contribution is 5.85. The number of hydrogen-bond donors (Lipinski definition) is 2. The zero-order valence-corrected chi connectivity index (χ0v) is 17.6. The number of benzene rings is 1. The molecular weight excluding hydrogens is 380 g/mol. The van der Waals surface area contributed by atoms with Crippen LogP contribution in [0.15, 0.2) is 30.6 Å². The van der Waals surface area contributed by atoms with E-state index >= 15 is 0 Å². The molecule has 0 saturated carbocycles. The van der Waals surface area contributed by atoms with Crippen LogP contribution in [0.1, 0.15) is 36.9 Å². The van der Waals surface area contributed by atoms with Crippen molar-refractivity contribution >= 4 is 18.3 Å². The van der Waals surface area contributed by atoms with Gasteiger partial charge in [-0.1, -0.05) is 6.07 Å². The maximum Gasteiger partial charge on any atom is 0.225 e. The monoisotopic (exact) mass is 408 g/mol. The summed E-state index contributed by atoms with van der Waals surface area (Å²) in [4.78, 5) is 12.9. The van der Waals surface area contributed by atoms with E-state index < -0.39 is 0 Å². The molecule has 3 atom stereocenters. The third-order valence-electron chi connectivity index (χ3n) is 5.05. The van der Waals surface area contributed by atoms with Crippen molar-refractivity contribution in [2.75, 3.05) is 26.8 Å². The maximum absolute atomic E-state index is 12.9. The van der Waals surface area contributed by atoms with Crippen LogP contribution in [0.3, 0.4) is 0 Å². The van der Waals surface area contributed by atoms with Crippen LogP contribution in [-0.4, -0.2) is 42.5 Å². The molecule has 2 N–H and O–H groups in total. The largest absolute Gasteiger partial charge is 0.493 e. The van der Waals surface area contributed by atoms with Gasteiger partial charge in [0.1, 0.15) is 0 Å². The smallest absolute Gasteiger partial charge is 0.225 e. The van der Waals surface area contributed by atoms with Gasteiger partial charge in [0, 0.05) is 32.3 Å². The van der Waals surface area contributed by atoms with Crippen molar-refractivity contribution in [1.29, 1.82) is 0 Å². The Morgan fingerprint density at radius 1 is 1.39 bits per heavy atom. The molecule has 1 saturated heterocycles. The first-order chi connectivity index (χ1) is 13.0. The number of rotatable bonds is 7. The Morgan fingerprint density at radius 2 is 2.18 bits per heavy atom. The van der Waals surface area contributed by atoms with E-state index in [2.05, 4.69) is 15.7 Å². The molecule has 7 nitrogen and oxygen atoms in total. The molecule has 154 valence electrons. The third kappa shape index (κ3) is 4.77. The van der Waals surface area contributed by atoms with E-state index in [4.69, 9.17) is 9.47 Å². The Balaban J connectivity index is 0.00000280. The van der Waals surface area contributed by atoms with Crippen molar-refractivity contribution in [3.63, 3.8) is 0 Å². The number of amides is 1. The molecule has 1 fully saturated rings. The zero-order chi connectivity index (χ0) is 19.4. The Bertz CT molecular complexity index is 796. The lowest BCUT2D eigenvalue weighted by Gasteiger charge is -2.21. The zero-order valence-electron chi connectivity index (χ0n) is 16.8. The number of nitrogens with one attached hydrogen (secondary N) is 2. The topological polar surface area (TPSA) is 77.4 Å². The number of aromatic nitrogens is 2. The van der Waals surface area contributed by atoms with E-state index in [-0.39, 0.29) is 36.2 Å². The van der Waals surface area contributed by atoms with E-state index in [1.54, 1.807) is 11.8 Å². The van der Waals surface area contributed by atoms with Crippen LogP contribution in [0, 0.1) is 5.92 Å². The van der Waals surface area contributed by atoms with Crippen LogP contribution in [0.4, 0.5) is 0 Å². The predicted molar refractivity (Wildman–Crippen MR) is 110 cm³/mol. The number of nitrogens with zero attached hydrogens (tertiary/aromatic N) is 2. The van der Waals surface area contributed by atoms with Gasteiger partial charge in [0.15, 0.2) is 11.5 Å². The van der Waals surface area contributed by atoms with Gasteiger partial charge in [-0.2, -0.15) is 5.10 Å². The lowest BCUT2D eigenvalue weighted by atomic mass is 9.90. The Morgan fingerprint density at radius 3 is 2.82 bits per heavy atom. The number of halogens is 1. The molecular formula is C20H29ClN4O3. The summed E-state index contributed by atoms with van der Waals surface area (Å²) in [6, 6.07) is 5.64. The molecule has 1 amide bonds. The van der Waals surface area contributed by atoms with Gasteiger partial charge in [0.2, 0.25) is 5.91 Å². The highest BCUT2D eigenvalue weighted by atomic mass is 35.5. The van der Waals surface area contributed by atoms with Crippen LogP contribution in [-0.2, 0) is 11.8 Å². The second-order valence-corrected chi connectivity index (χ2v) is 6.89. The highest BCUT2D eigenvalue weighted by Crippen LogP contribution is 2.31. The first-order valence-electron chi connectivity index (χ1n) is 9.33. The van der Waals surface area contributed by atoms with Gasteiger partial charge in [0.25, 0.3) is 0 Å². The molecule has 2 heterocycles. The van der Waals surface area contributed by atoms with Gasteiger partial charge in [0.05, 0.1) is 31.9 Å². The van der Waals surface area contributed by atoms with Crippen molar-refractivity contribution < 1.29 is 14.3 Å². The van der Waals surface area contributed by atoms with Crippen molar-refractivity contribution in [3.8, 4) is 11.5 Å². The highest BCUT2D eigenvalue weighted by Gasteiger charge is 2.35. The number of carbonyl (C=O) groups excluding carboxylic acids is 1. The van der Waals surface area contributed by atoms with Crippen molar-refractivity contribution in [2.24, 2.45) is 13.0 Å². The minimum absolute atomic E-state index is 0. The van der Waals surface area contributed by atoms with Crippen LogP contribution in [0.2, 0.25) is 0 Å². The fourth-order valence-corrected chi connectivity index (χ4v) is 3.57. The Labute approximate surface area is 172 Å². The van der Waals surface area contributed by atoms with Crippen molar-refractivity contribution in [1.82, 2.24) is 20.4 Å². The van der Waals surface area contributed by atoms with Gasteiger partial charge in [-0.25, -0.2) is 0 Å². The summed E-state index contributed by atoms with van der Waals surface area (Å²) in [5.74, 6) is 1.46. The molecule has 0 bridgehead atoms. The van der Waals surface area contributed by atoms with Crippen molar-refractivity contribution in [3.05, 3.63) is 41.7 Å². The predicted octanol–water partition coefficient (Wildman–Crippen LogP) is 2.43. The second-order valence-electron chi connectivity index (χ2n) is 6.89. The molecule has 0 radical (unpaired) electrons. The average Bonchev–Trinajstić information content (AvgIpc) is 3.30. The van der Waals surface area contributed by atoms with E-state index in [1.165, 1.54) is 0 Å². The molecule has 0 aliphatic carbocycles. The van der Waals surface area contributed by atoms with E-state index in [1.807, 2.05) is 51.5 Å². The fraction of sp³-hybridized carbons (Fsp3) is 0.500. The van der Waals surface area contributed by atoms with Gasteiger partial charge in [-0.3, -0.25) is 9.48 Å². The summed E-state index contributed by atoms with van der Waals surface area (Å²) in [5, 5.41) is 10.7.